The first-order valence-corrected chi connectivity index (χ1v) is 7.58. The molecular weight excluding hydrogens is 270 g/mol. The van der Waals surface area contributed by atoms with E-state index >= 15 is 0 Å². The maximum atomic E-state index is 10.4. The van der Waals surface area contributed by atoms with Crippen LogP contribution in [0.5, 0.6) is 0 Å². The molecular formula is C15H18N3OS+. The second-order valence-electron chi connectivity index (χ2n) is 4.73. The lowest BCUT2D eigenvalue weighted by Gasteiger charge is -2.08. The van der Waals surface area contributed by atoms with Gasteiger partial charge >= 0.3 is 5.95 Å². The second kappa shape index (κ2) is 5.26. The fourth-order valence-corrected chi connectivity index (χ4v) is 3.28. The third kappa shape index (κ3) is 2.09. The highest BCUT2D eigenvalue weighted by Gasteiger charge is 2.22. The third-order valence-electron chi connectivity index (χ3n) is 3.56. The van der Waals surface area contributed by atoms with Gasteiger partial charge in [-0.05, 0) is 30.5 Å². The Morgan fingerprint density at radius 2 is 2.10 bits per heavy atom. The highest BCUT2D eigenvalue weighted by atomic mass is 32.1. The second-order valence-corrected chi connectivity index (χ2v) is 5.71. The molecule has 0 aliphatic carbocycles. The van der Waals surface area contributed by atoms with Gasteiger partial charge in [-0.3, -0.25) is 5.73 Å². The van der Waals surface area contributed by atoms with Crippen molar-refractivity contribution < 1.29 is 9.67 Å². The summed E-state index contributed by atoms with van der Waals surface area (Å²) in [6, 6.07) is 12.0. The van der Waals surface area contributed by atoms with Gasteiger partial charge in [0.1, 0.15) is 23.7 Å². The van der Waals surface area contributed by atoms with Crippen LogP contribution in [0.25, 0.3) is 11.0 Å². The van der Waals surface area contributed by atoms with Crippen LogP contribution < -0.4 is 10.3 Å². The molecule has 2 aromatic heterocycles. The maximum Gasteiger partial charge on any atom is 0.356 e. The summed E-state index contributed by atoms with van der Waals surface area (Å²) in [5, 5.41) is 12.3. The number of rotatable bonds is 4. The number of aliphatic hydroxyl groups excluding tert-OH is 1. The van der Waals surface area contributed by atoms with E-state index in [1.54, 1.807) is 11.3 Å². The molecule has 0 spiro atoms. The number of aromatic nitrogens is 2. The number of anilines is 1. The normalized spacial score (nSPS) is 12.9. The Morgan fingerprint density at radius 1 is 1.30 bits per heavy atom. The van der Waals surface area contributed by atoms with Crippen LogP contribution in [0.2, 0.25) is 0 Å². The zero-order valence-electron chi connectivity index (χ0n) is 11.4. The Labute approximate surface area is 121 Å². The minimum absolute atomic E-state index is 0.472. The molecule has 0 saturated carbocycles. The number of fused-ring (bicyclic) bond motifs is 1. The number of hydrogen-bond donors (Lipinski definition) is 2. The number of benzene rings is 1. The Kier molecular flexibility index (Phi) is 3.46. The van der Waals surface area contributed by atoms with Crippen molar-refractivity contribution in [3.63, 3.8) is 0 Å². The number of para-hydroxylation sites is 2. The zero-order chi connectivity index (χ0) is 14.1. The first kappa shape index (κ1) is 13.1. The van der Waals surface area contributed by atoms with Crippen molar-refractivity contribution in [3.8, 4) is 0 Å². The molecule has 0 aliphatic heterocycles. The Hall–Kier alpha value is -1.85. The number of thiophene rings is 1. The standard InChI is InChI=1S/C15H17N3OS/c1-2-17-11-6-3-4-7-12(11)18(15(17)16)10-13(19)14-8-5-9-20-14/h3-9,13,16,19H,2,10H2,1H3/p+1/t13-/m1/s1. The quantitative estimate of drug-likeness (QED) is 0.724. The summed E-state index contributed by atoms with van der Waals surface area (Å²) in [5.74, 6) is 0.685. The Morgan fingerprint density at radius 3 is 2.80 bits per heavy atom. The van der Waals surface area contributed by atoms with Crippen molar-refractivity contribution >= 4 is 28.3 Å². The maximum absolute atomic E-state index is 10.4. The lowest BCUT2D eigenvalue weighted by atomic mass is 10.2. The average molecular weight is 288 g/mol. The van der Waals surface area contributed by atoms with E-state index in [0.29, 0.717) is 12.5 Å². The highest BCUT2D eigenvalue weighted by Crippen LogP contribution is 2.21. The van der Waals surface area contributed by atoms with E-state index < -0.39 is 6.10 Å². The molecule has 20 heavy (non-hydrogen) atoms. The van der Waals surface area contributed by atoms with E-state index in [1.165, 1.54) is 0 Å². The molecule has 5 heteroatoms. The highest BCUT2D eigenvalue weighted by molar-refractivity contribution is 7.10. The molecule has 104 valence electrons. The molecule has 0 bridgehead atoms. The van der Waals surface area contributed by atoms with Gasteiger partial charge in [0.15, 0.2) is 0 Å². The first-order valence-electron chi connectivity index (χ1n) is 6.70. The van der Waals surface area contributed by atoms with Gasteiger partial charge in [-0.1, -0.05) is 18.2 Å². The predicted octanol–water partition coefficient (Wildman–Crippen LogP) is 2.33. The summed E-state index contributed by atoms with van der Waals surface area (Å²) in [4.78, 5) is 0.963. The Bertz CT molecular complexity index is 718. The SMILES string of the molecule is CCn1c(N)[n+](C[C@@H](O)c2cccs2)c2ccccc21. The van der Waals surface area contributed by atoms with Crippen molar-refractivity contribution in [1.82, 2.24) is 4.57 Å². The van der Waals surface area contributed by atoms with Crippen LogP contribution in [0.1, 0.15) is 17.9 Å². The molecule has 0 unspecified atom stereocenters. The van der Waals surface area contributed by atoms with E-state index in [4.69, 9.17) is 5.73 Å². The van der Waals surface area contributed by atoms with Crippen molar-refractivity contribution in [3.05, 3.63) is 46.7 Å². The largest absolute Gasteiger partial charge is 0.384 e. The molecule has 3 aromatic rings. The van der Waals surface area contributed by atoms with Gasteiger partial charge in [0.05, 0.1) is 6.54 Å². The molecule has 4 nitrogen and oxygen atoms in total. The monoisotopic (exact) mass is 288 g/mol. The van der Waals surface area contributed by atoms with Gasteiger partial charge < -0.3 is 5.11 Å². The summed E-state index contributed by atoms with van der Waals surface area (Å²) in [6.07, 6.45) is -0.529. The molecule has 0 radical (unpaired) electrons. The average Bonchev–Trinajstić information content (AvgIpc) is 3.07. The molecule has 1 aromatic carbocycles. The van der Waals surface area contributed by atoms with Gasteiger partial charge in [0, 0.05) is 4.88 Å². The van der Waals surface area contributed by atoms with E-state index in [-0.39, 0.29) is 0 Å². The minimum Gasteiger partial charge on any atom is -0.384 e. The molecule has 0 saturated heterocycles. The molecule has 0 aliphatic rings. The van der Waals surface area contributed by atoms with Crippen LogP contribution in [0.3, 0.4) is 0 Å². The number of hydrogen-bond acceptors (Lipinski definition) is 3. The number of nitrogens with two attached hydrogens (primary N) is 1. The van der Waals surface area contributed by atoms with Crippen LogP contribution in [0.4, 0.5) is 5.95 Å². The van der Waals surface area contributed by atoms with Crippen LogP contribution in [-0.2, 0) is 13.1 Å². The fraction of sp³-hybridized carbons (Fsp3) is 0.267. The van der Waals surface area contributed by atoms with Gasteiger partial charge in [0.2, 0.25) is 0 Å². The fourth-order valence-electron chi connectivity index (χ4n) is 2.58. The summed E-state index contributed by atoms with van der Waals surface area (Å²) in [6.45, 7) is 3.36. The topological polar surface area (TPSA) is 55.1 Å². The minimum atomic E-state index is -0.529. The van der Waals surface area contributed by atoms with Gasteiger partial charge in [0.25, 0.3) is 0 Å². The van der Waals surface area contributed by atoms with Gasteiger partial charge in [-0.15, -0.1) is 11.3 Å². The van der Waals surface area contributed by atoms with Crippen molar-refractivity contribution in [2.75, 3.05) is 5.73 Å². The summed E-state index contributed by atoms with van der Waals surface area (Å²) < 4.78 is 4.06. The van der Waals surface area contributed by atoms with Gasteiger partial charge in [-0.25, -0.2) is 9.13 Å². The number of nitrogens with zero attached hydrogens (tertiary/aromatic N) is 2. The van der Waals surface area contributed by atoms with E-state index in [0.717, 1.165) is 22.5 Å². The summed E-state index contributed by atoms with van der Waals surface area (Å²) >= 11 is 1.56. The molecule has 0 fully saturated rings. The van der Waals surface area contributed by atoms with E-state index in [2.05, 4.69) is 17.6 Å². The lowest BCUT2D eigenvalue weighted by molar-refractivity contribution is -0.666. The molecule has 0 amide bonds. The van der Waals surface area contributed by atoms with E-state index in [1.807, 2.05) is 40.3 Å². The van der Waals surface area contributed by atoms with Crippen molar-refractivity contribution in [2.45, 2.75) is 26.1 Å². The van der Waals surface area contributed by atoms with Crippen molar-refractivity contribution in [1.29, 1.82) is 0 Å². The number of aryl methyl sites for hydroxylation is 1. The molecule has 3 N–H and O–H groups in total. The van der Waals surface area contributed by atoms with Crippen LogP contribution in [0.15, 0.2) is 41.8 Å². The van der Waals surface area contributed by atoms with Crippen molar-refractivity contribution in [2.24, 2.45) is 0 Å². The molecule has 1 atom stereocenters. The number of aliphatic hydroxyl groups is 1. The lowest BCUT2D eigenvalue weighted by Crippen LogP contribution is -2.39. The van der Waals surface area contributed by atoms with E-state index in [9.17, 15) is 5.11 Å². The molecule has 3 rings (SSSR count). The van der Waals surface area contributed by atoms with Crippen LogP contribution in [0, 0.1) is 0 Å². The third-order valence-corrected chi connectivity index (χ3v) is 4.53. The zero-order valence-corrected chi connectivity index (χ0v) is 12.2. The molecule has 2 heterocycles. The number of nitrogen functional groups attached to an aromatic ring is 1. The van der Waals surface area contributed by atoms with Gasteiger partial charge in [-0.2, -0.15) is 0 Å². The number of imidazole rings is 1. The van der Waals surface area contributed by atoms with Crippen LogP contribution in [-0.4, -0.2) is 9.67 Å². The van der Waals surface area contributed by atoms with Crippen LogP contribution >= 0.6 is 11.3 Å². The first-order chi connectivity index (χ1) is 9.72. The summed E-state index contributed by atoms with van der Waals surface area (Å²) in [7, 11) is 0. The summed E-state index contributed by atoms with van der Waals surface area (Å²) in [5.41, 5.74) is 8.41. The smallest absolute Gasteiger partial charge is 0.356 e. The Balaban J connectivity index is 2.05. The predicted molar refractivity (Wildman–Crippen MR) is 81.5 cm³/mol.